The van der Waals surface area contributed by atoms with Gasteiger partial charge in [0.15, 0.2) is 0 Å². The highest BCUT2D eigenvalue weighted by Crippen LogP contribution is 2.25. The van der Waals surface area contributed by atoms with Crippen LogP contribution >= 0.6 is 22.9 Å². The highest BCUT2D eigenvalue weighted by molar-refractivity contribution is 7.92. The lowest BCUT2D eigenvalue weighted by atomic mass is 10.1. The van der Waals surface area contributed by atoms with Gasteiger partial charge in [-0.05, 0) is 37.3 Å². The molecule has 0 radical (unpaired) electrons. The Bertz CT molecular complexity index is 986. The molecule has 24 heavy (non-hydrogen) atoms. The van der Waals surface area contributed by atoms with Gasteiger partial charge in [-0.15, -0.1) is 11.3 Å². The van der Waals surface area contributed by atoms with E-state index in [9.17, 15) is 12.8 Å². The normalized spacial score (nSPS) is 11.5. The molecule has 0 fully saturated rings. The van der Waals surface area contributed by atoms with E-state index in [-0.39, 0.29) is 9.92 Å². The van der Waals surface area contributed by atoms with Crippen LogP contribution in [-0.2, 0) is 10.0 Å². The Morgan fingerprint density at radius 1 is 1.17 bits per heavy atom. The van der Waals surface area contributed by atoms with Crippen LogP contribution < -0.4 is 4.72 Å². The summed E-state index contributed by atoms with van der Waals surface area (Å²) < 4.78 is 40.2. The fourth-order valence-corrected chi connectivity index (χ4v) is 4.01. The van der Waals surface area contributed by atoms with Gasteiger partial charge in [-0.3, -0.25) is 4.72 Å². The molecule has 0 saturated heterocycles. The van der Waals surface area contributed by atoms with Crippen molar-refractivity contribution in [2.45, 2.75) is 11.8 Å². The maximum Gasteiger partial charge on any atom is 0.261 e. The van der Waals surface area contributed by atoms with E-state index in [0.29, 0.717) is 5.69 Å². The average Bonchev–Trinajstić information content (AvgIpc) is 2.97. The molecule has 4 nitrogen and oxygen atoms in total. The predicted molar refractivity (Wildman–Crippen MR) is 94.5 cm³/mol. The van der Waals surface area contributed by atoms with E-state index in [2.05, 4.69) is 9.71 Å². The van der Waals surface area contributed by atoms with Crippen LogP contribution in [0.5, 0.6) is 0 Å². The third-order valence-corrected chi connectivity index (χ3v) is 5.70. The van der Waals surface area contributed by atoms with E-state index in [1.165, 1.54) is 0 Å². The van der Waals surface area contributed by atoms with Gasteiger partial charge in [0.25, 0.3) is 10.0 Å². The summed E-state index contributed by atoms with van der Waals surface area (Å²) in [6.07, 6.45) is 0. The Balaban J connectivity index is 1.83. The van der Waals surface area contributed by atoms with Crippen molar-refractivity contribution in [3.8, 4) is 11.3 Å². The van der Waals surface area contributed by atoms with Gasteiger partial charge in [-0.1, -0.05) is 23.7 Å². The van der Waals surface area contributed by atoms with Gasteiger partial charge in [-0.25, -0.2) is 17.8 Å². The van der Waals surface area contributed by atoms with Gasteiger partial charge >= 0.3 is 0 Å². The smallest absolute Gasteiger partial charge is 0.261 e. The van der Waals surface area contributed by atoms with Crippen molar-refractivity contribution in [3.63, 3.8) is 0 Å². The molecule has 124 valence electrons. The number of halogens is 2. The zero-order chi connectivity index (χ0) is 17.3. The first-order chi connectivity index (χ1) is 11.3. The Hall–Kier alpha value is -1.96. The number of nitrogens with one attached hydrogen (secondary N) is 1. The molecular formula is C16H12ClFN2O2S2. The first kappa shape index (κ1) is 16.9. The predicted octanol–water partition coefficient (Wildman–Crippen LogP) is 4.71. The number of benzene rings is 2. The number of rotatable bonds is 4. The first-order valence-corrected chi connectivity index (χ1v) is 9.60. The zero-order valence-electron chi connectivity index (χ0n) is 12.5. The lowest BCUT2D eigenvalue weighted by Crippen LogP contribution is -2.13. The number of hydrogen-bond donors (Lipinski definition) is 1. The summed E-state index contributed by atoms with van der Waals surface area (Å²) in [5, 5.41) is 2.66. The van der Waals surface area contributed by atoms with Gasteiger partial charge in [0.2, 0.25) is 0 Å². The summed E-state index contributed by atoms with van der Waals surface area (Å²) in [5.74, 6) is -0.668. The second-order valence-corrected chi connectivity index (χ2v) is 8.16. The SMILES string of the molecule is Cc1nc(-c2ccc(NS(=O)(=O)c3ccc(F)c(Cl)c3)cc2)cs1. The average molecular weight is 383 g/mol. The van der Waals surface area contributed by atoms with Crippen LogP contribution in [0.25, 0.3) is 11.3 Å². The van der Waals surface area contributed by atoms with Gasteiger partial charge in [-0.2, -0.15) is 0 Å². The third kappa shape index (κ3) is 3.58. The largest absolute Gasteiger partial charge is 0.280 e. The molecular weight excluding hydrogens is 371 g/mol. The lowest BCUT2D eigenvalue weighted by Gasteiger charge is -2.09. The van der Waals surface area contributed by atoms with Gasteiger partial charge in [0.1, 0.15) is 5.82 Å². The van der Waals surface area contributed by atoms with E-state index in [4.69, 9.17) is 11.6 Å². The molecule has 0 aliphatic rings. The Morgan fingerprint density at radius 2 is 1.88 bits per heavy atom. The molecule has 0 saturated carbocycles. The monoisotopic (exact) mass is 382 g/mol. The van der Waals surface area contributed by atoms with E-state index in [0.717, 1.165) is 34.5 Å². The first-order valence-electron chi connectivity index (χ1n) is 6.85. The van der Waals surface area contributed by atoms with Gasteiger partial charge in [0, 0.05) is 16.6 Å². The van der Waals surface area contributed by atoms with Crippen LogP contribution in [0.15, 0.2) is 52.7 Å². The molecule has 0 atom stereocenters. The van der Waals surface area contributed by atoms with Crippen LogP contribution in [0.4, 0.5) is 10.1 Å². The molecule has 1 N–H and O–H groups in total. The maximum atomic E-state index is 13.2. The number of hydrogen-bond acceptors (Lipinski definition) is 4. The van der Waals surface area contributed by atoms with Crippen molar-refractivity contribution in [2.24, 2.45) is 0 Å². The van der Waals surface area contributed by atoms with E-state index in [1.807, 2.05) is 12.3 Å². The number of thiazole rings is 1. The number of aryl methyl sites for hydroxylation is 1. The molecule has 0 bridgehead atoms. The van der Waals surface area contributed by atoms with Crippen molar-refractivity contribution >= 4 is 38.6 Å². The van der Waals surface area contributed by atoms with Crippen LogP contribution in [0.2, 0.25) is 5.02 Å². The molecule has 2 aromatic carbocycles. The molecule has 3 rings (SSSR count). The third-order valence-electron chi connectivity index (χ3n) is 3.25. The molecule has 0 aliphatic carbocycles. The maximum absolute atomic E-state index is 13.2. The molecule has 0 aliphatic heterocycles. The standard InChI is InChI=1S/C16H12ClFN2O2S2/c1-10-19-16(9-23-10)11-2-4-12(5-3-11)20-24(21,22)13-6-7-15(18)14(17)8-13/h2-9,20H,1H3. The minimum absolute atomic E-state index is 0.104. The van der Waals surface area contributed by atoms with Gasteiger partial charge in [0.05, 0.1) is 20.6 Å². The second-order valence-electron chi connectivity index (χ2n) is 5.01. The minimum atomic E-state index is -3.84. The van der Waals surface area contributed by atoms with Crippen LogP contribution in [-0.4, -0.2) is 13.4 Å². The molecule has 1 aromatic heterocycles. The number of sulfonamides is 1. The second kappa shape index (κ2) is 6.51. The van der Waals surface area contributed by atoms with Crippen molar-refractivity contribution < 1.29 is 12.8 Å². The van der Waals surface area contributed by atoms with Crippen molar-refractivity contribution in [1.82, 2.24) is 4.98 Å². The van der Waals surface area contributed by atoms with Crippen molar-refractivity contribution in [1.29, 1.82) is 0 Å². The fraction of sp³-hybridized carbons (Fsp3) is 0.0625. The summed E-state index contributed by atoms with van der Waals surface area (Å²) in [4.78, 5) is 4.28. The lowest BCUT2D eigenvalue weighted by molar-refractivity contribution is 0.599. The van der Waals surface area contributed by atoms with E-state index in [1.54, 1.807) is 35.6 Å². The molecule has 0 unspecified atom stereocenters. The summed E-state index contributed by atoms with van der Waals surface area (Å²) in [7, 11) is -3.84. The zero-order valence-corrected chi connectivity index (χ0v) is 14.8. The topological polar surface area (TPSA) is 59.1 Å². The Labute approximate surface area is 148 Å². The number of anilines is 1. The van der Waals surface area contributed by atoms with Crippen LogP contribution in [0.1, 0.15) is 5.01 Å². The molecule has 0 amide bonds. The Morgan fingerprint density at radius 3 is 2.46 bits per heavy atom. The highest BCUT2D eigenvalue weighted by atomic mass is 35.5. The minimum Gasteiger partial charge on any atom is -0.280 e. The Kier molecular flexibility index (Phi) is 4.58. The summed E-state index contributed by atoms with van der Waals surface area (Å²) >= 11 is 7.19. The molecule has 1 heterocycles. The van der Waals surface area contributed by atoms with Crippen LogP contribution in [0.3, 0.4) is 0 Å². The molecule has 3 aromatic rings. The van der Waals surface area contributed by atoms with E-state index >= 15 is 0 Å². The highest BCUT2D eigenvalue weighted by Gasteiger charge is 2.16. The molecule has 8 heteroatoms. The van der Waals surface area contributed by atoms with Crippen molar-refractivity contribution in [3.05, 3.63) is 63.7 Å². The van der Waals surface area contributed by atoms with Crippen molar-refractivity contribution in [2.75, 3.05) is 4.72 Å². The number of nitrogens with zero attached hydrogens (tertiary/aromatic N) is 1. The summed E-state index contributed by atoms with van der Waals surface area (Å²) in [5.41, 5.74) is 2.13. The van der Waals surface area contributed by atoms with Gasteiger partial charge < -0.3 is 0 Å². The molecule has 0 spiro atoms. The number of aromatic nitrogens is 1. The fourth-order valence-electron chi connectivity index (χ4n) is 2.06. The summed E-state index contributed by atoms with van der Waals surface area (Å²) in [6.45, 7) is 1.92. The van der Waals surface area contributed by atoms with Crippen LogP contribution in [0, 0.1) is 12.7 Å². The quantitative estimate of drug-likeness (QED) is 0.710. The van der Waals surface area contributed by atoms with E-state index < -0.39 is 15.8 Å². The summed E-state index contributed by atoms with van der Waals surface area (Å²) in [6, 6.07) is 10.1.